The number of anilines is 2. The van der Waals surface area contributed by atoms with Crippen LogP contribution in [0, 0.1) is 0 Å². The second-order valence-electron chi connectivity index (χ2n) is 9.10. The van der Waals surface area contributed by atoms with Gasteiger partial charge < -0.3 is 24.7 Å². The van der Waals surface area contributed by atoms with Gasteiger partial charge in [0.2, 0.25) is 5.95 Å². The van der Waals surface area contributed by atoms with Crippen molar-refractivity contribution in [2.24, 2.45) is 0 Å². The Morgan fingerprint density at radius 1 is 1.31 bits per heavy atom. The minimum Gasteiger partial charge on any atom is -0.450 e. The molecule has 0 unspecified atom stereocenters. The van der Waals surface area contributed by atoms with Gasteiger partial charge in [-0.15, -0.1) is 0 Å². The maximum atomic E-state index is 12.5. The second kappa shape index (κ2) is 7.51. The van der Waals surface area contributed by atoms with E-state index in [2.05, 4.69) is 9.97 Å². The number of carbonyl (C=O) groups is 1. The standard InChI is InChI=1S/C21H27N5O5S/c1-21(2,3)31-20(27)25(4)12-8-9-26(11-12)18-17-16(23-19(22)24-18)14-10-13(32(5,28)29)6-7-15(14)30-17/h6-7,10,12H,8-9,11H2,1-5H3,(H2,22,23,24)/t12-/m1/s1. The molecule has 172 valence electrons. The maximum absolute atomic E-state index is 12.5. The molecule has 1 aliphatic heterocycles. The van der Waals surface area contributed by atoms with Gasteiger partial charge in [0.15, 0.2) is 21.2 Å². The van der Waals surface area contributed by atoms with E-state index >= 15 is 0 Å². The van der Waals surface area contributed by atoms with Gasteiger partial charge in [-0.2, -0.15) is 4.98 Å². The van der Waals surface area contributed by atoms with Crippen LogP contribution < -0.4 is 10.6 Å². The Bertz CT molecular complexity index is 1310. The Labute approximate surface area is 186 Å². The summed E-state index contributed by atoms with van der Waals surface area (Å²) in [7, 11) is -1.67. The molecule has 1 aromatic carbocycles. The molecule has 32 heavy (non-hydrogen) atoms. The predicted octanol–water partition coefficient (Wildman–Crippen LogP) is 2.81. The highest BCUT2D eigenvalue weighted by Gasteiger charge is 2.33. The fraction of sp³-hybridized carbons (Fsp3) is 0.476. The van der Waals surface area contributed by atoms with Gasteiger partial charge in [0.25, 0.3) is 0 Å². The number of carbonyl (C=O) groups excluding carboxylic acids is 1. The number of furan rings is 1. The Kier molecular flexibility index (Phi) is 5.19. The number of nitrogens with two attached hydrogens (primary N) is 1. The molecule has 11 heteroatoms. The van der Waals surface area contributed by atoms with Gasteiger partial charge in [0.05, 0.1) is 10.9 Å². The number of sulfone groups is 1. The Morgan fingerprint density at radius 2 is 2.03 bits per heavy atom. The van der Waals surface area contributed by atoms with Gasteiger partial charge in [-0.05, 0) is 45.4 Å². The Hall–Kier alpha value is -3.08. The highest BCUT2D eigenvalue weighted by atomic mass is 32.2. The van der Waals surface area contributed by atoms with Crippen molar-refractivity contribution in [2.75, 3.05) is 37.0 Å². The Balaban J connectivity index is 1.68. The number of amides is 1. The third-order valence-electron chi connectivity index (χ3n) is 5.40. The summed E-state index contributed by atoms with van der Waals surface area (Å²) in [6, 6.07) is 4.57. The lowest BCUT2D eigenvalue weighted by Gasteiger charge is -2.28. The first-order valence-corrected chi connectivity index (χ1v) is 12.1. The van der Waals surface area contributed by atoms with Crippen LogP contribution >= 0.6 is 0 Å². The molecule has 0 spiro atoms. The number of hydrogen-bond acceptors (Lipinski definition) is 9. The molecule has 3 aromatic rings. The van der Waals surface area contributed by atoms with Crippen molar-refractivity contribution in [1.29, 1.82) is 0 Å². The molecule has 2 aromatic heterocycles. The first-order valence-electron chi connectivity index (χ1n) is 10.2. The summed E-state index contributed by atoms with van der Waals surface area (Å²) in [5.74, 6) is 0.577. The van der Waals surface area contributed by atoms with Crippen LogP contribution in [-0.4, -0.2) is 67.4 Å². The second-order valence-corrected chi connectivity index (χ2v) is 11.1. The molecule has 1 atom stereocenters. The first-order chi connectivity index (χ1) is 14.8. The van der Waals surface area contributed by atoms with Crippen molar-refractivity contribution in [1.82, 2.24) is 14.9 Å². The van der Waals surface area contributed by atoms with Crippen LogP contribution in [0.4, 0.5) is 16.6 Å². The fourth-order valence-corrected chi connectivity index (χ4v) is 4.45. The van der Waals surface area contributed by atoms with Gasteiger partial charge in [0.1, 0.15) is 16.7 Å². The average molecular weight is 462 g/mol. The summed E-state index contributed by atoms with van der Waals surface area (Å²) < 4.78 is 35.4. The molecule has 0 saturated carbocycles. The topological polar surface area (TPSA) is 132 Å². The van der Waals surface area contributed by atoms with E-state index in [0.717, 1.165) is 12.7 Å². The minimum atomic E-state index is -3.39. The van der Waals surface area contributed by atoms with Crippen molar-refractivity contribution in [2.45, 2.75) is 43.7 Å². The third-order valence-corrected chi connectivity index (χ3v) is 6.51. The summed E-state index contributed by atoms with van der Waals surface area (Å²) >= 11 is 0. The van der Waals surface area contributed by atoms with E-state index in [4.69, 9.17) is 14.9 Å². The van der Waals surface area contributed by atoms with Crippen LogP contribution in [0.15, 0.2) is 27.5 Å². The summed E-state index contributed by atoms with van der Waals surface area (Å²) in [6.45, 7) is 6.65. The van der Waals surface area contributed by atoms with E-state index in [1.807, 2.05) is 25.7 Å². The highest BCUT2D eigenvalue weighted by Crippen LogP contribution is 2.36. The van der Waals surface area contributed by atoms with Crippen molar-refractivity contribution >= 4 is 49.8 Å². The quantitative estimate of drug-likeness (QED) is 0.625. The van der Waals surface area contributed by atoms with E-state index in [1.165, 1.54) is 12.1 Å². The van der Waals surface area contributed by atoms with E-state index in [9.17, 15) is 13.2 Å². The normalized spacial score (nSPS) is 17.3. The third kappa shape index (κ3) is 4.16. The number of aromatic nitrogens is 2. The summed E-state index contributed by atoms with van der Waals surface area (Å²) in [4.78, 5) is 24.9. The van der Waals surface area contributed by atoms with Gasteiger partial charge in [-0.3, -0.25) is 0 Å². The zero-order valence-corrected chi connectivity index (χ0v) is 19.6. The van der Waals surface area contributed by atoms with Crippen molar-refractivity contribution < 1.29 is 22.4 Å². The highest BCUT2D eigenvalue weighted by molar-refractivity contribution is 7.90. The first kappa shape index (κ1) is 22.1. The molecule has 10 nitrogen and oxygen atoms in total. The lowest BCUT2D eigenvalue weighted by atomic mass is 10.2. The van der Waals surface area contributed by atoms with Crippen LogP contribution in [0.3, 0.4) is 0 Å². The summed E-state index contributed by atoms with van der Waals surface area (Å²) in [5, 5.41) is 0.555. The van der Waals surface area contributed by atoms with Crippen LogP contribution in [0.2, 0.25) is 0 Å². The number of nitrogen functional groups attached to an aromatic ring is 1. The molecule has 0 bridgehead atoms. The molecular weight excluding hydrogens is 434 g/mol. The smallest absolute Gasteiger partial charge is 0.410 e. The average Bonchev–Trinajstić information content (AvgIpc) is 3.29. The van der Waals surface area contributed by atoms with Gasteiger partial charge >= 0.3 is 6.09 Å². The zero-order valence-electron chi connectivity index (χ0n) is 18.7. The van der Waals surface area contributed by atoms with Gasteiger partial charge in [-0.25, -0.2) is 18.2 Å². The molecule has 0 radical (unpaired) electrons. The largest absolute Gasteiger partial charge is 0.450 e. The molecule has 1 saturated heterocycles. The van der Waals surface area contributed by atoms with Crippen LogP contribution in [-0.2, 0) is 14.6 Å². The fourth-order valence-electron chi connectivity index (χ4n) is 3.80. The molecular formula is C21H27N5O5S. The molecule has 1 fully saturated rings. The summed E-state index contributed by atoms with van der Waals surface area (Å²) in [6.07, 6.45) is 1.49. The van der Waals surface area contributed by atoms with Crippen molar-refractivity contribution in [3.8, 4) is 0 Å². The van der Waals surface area contributed by atoms with Crippen molar-refractivity contribution in [3.05, 3.63) is 18.2 Å². The number of ether oxygens (including phenoxy) is 1. The van der Waals surface area contributed by atoms with E-state index in [1.54, 1.807) is 18.0 Å². The van der Waals surface area contributed by atoms with Crippen LogP contribution in [0.1, 0.15) is 27.2 Å². The number of likely N-dealkylation sites (N-methyl/N-ethyl adjacent to an activating group) is 1. The van der Waals surface area contributed by atoms with E-state index in [0.29, 0.717) is 41.0 Å². The van der Waals surface area contributed by atoms with Gasteiger partial charge in [-0.1, -0.05) is 0 Å². The predicted molar refractivity (Wildman–Crippen MR) is 121 cm³/mol. The minimum absolute atomic E-state index is 0.0592. The maximum Gasteiger partial charge on any atom is 0.410 e. The van der Waals surface area contributed by atoms with E-state index < -0.39 is 15.4 Å². The van der Waals surface area contributed by atoms with Crippen LogP contribution in [0.5, 0.6) is 0 Å². The SMILES string of the molecule is CN(C(=O)OC(C)(C)C)[C@@H]1CCN(c2nc(N)nc3c2oc2ccc(S(C)(=O)=O)cc23)C1. The molecule has 3 heterocycles. The molecule has 0 aliphatic carbocycles. The Morgan fingerprint density at radius 3 is 2.69 bits per heavy atom. The summed E-state index contributed by atoms with van der Waals surface area (Å²) in [5.41, 5.74) is 6.79. The zero-order chi connectivity index (χ0) is 23.4. The van der Waals surface area contributed by atoms with Crippen molar-refractivity contribution in [3.63, 3.8) is 0 Å². The number of fused-ring (bicyclic) bond motifs is 3. The molecule has 4 rings (SSSR count). The number of hydrogen-bond donors (Lipinski definition) is 1. The number of nitrogens with zero attached hydrogens (tertiary/aromatic N) is 4. The van der Waals surface area contributed by atoms with E-state index in [-0.39, 0.29) is 23.0 Å². The molecule has 1 amide bonds. The lowest BCUT2D eigenvalue weighted by molar-refractivity contribution is 0.0238. The van der Waals surface area contributed by atoms with Crippen LogP contribution in [0.25, 0.3) is 22.1 Å². The molecule has 1 aliphatic rings. The van der Waals surface area contributed by atoms with Gasteiger partial charge in [0, 0.05) is 31.8 Å². The monoisotopic (exact) mass is 461 g/mol. The lowest BCUT2D eigenvalue weighted by Crippen LogP contribution is -2.42. The molecule has 2 N–H and O–H groups in total. The number of rotatable bonds is 3. The number of benzene rings is 1.